The van der Waals surface area contributed by atoms with E-state index in [1.165, 1.54) is 76.8 Å². The van der Waals surface area contributed by atoms with E-state index in [-0.39, 0.29) is 0 Å². The summed E-state index contributed by atoms with van der Waals surface area (Å²) in [6.07, 6.45) is 0. The minimum atomic E-state index is -0.656. The van der Waals surface area contributed by atoms with Gasteiger partial charge in [0.05, 0.1) is 5.41 Å². The molecule has 15 aromatic rings. The third kappa shape index (κ3) is 7.66. The summed E-state index contributed by atoms with van der Waals surface area (Å²) < 4.78 is 0. The lowest BCUT2D eigenvalue weighted by atomic mass is 9.68. The lowest BCUT2D eigenvalue weighted by Crippen LogP contribution is -2.26. The fraction of sp³-hybridized carbons (Fsp3) is 0.0127. The third-order valence-electron chi connectivity index (χ3n) is 17.4. The number of fused-ring (bicyclic) bond motifs is 17. The Hall–Kier alpha value is -11.3. The summed E-state index contributed by atoms with van der Waals surface area (Å²) in [6.45, 7) is 0. The van der Waals surface area contributed by atoms with Gasteiger partial charge in [0.15, 0.2) is 34.9 Å². The van der Waals surface area contributed by atoms with E-state index in [1.807, 2.05) is 121 Å². The van der Waals surface area contributed by atoms with Crippen LogP contribution in [0.1, 0.15) is 22.3 Å². The van der Waals surface area contributed by atoms with Crippen molar-refractivity contribution in [2.45, 2.75) is 5.41 Å². The fourth-order valence-corrected chi connectivity index (χ4v) is 13.6. The second-order valence-electron chi connectivity index (χ2n) is 22.0. The molecule has 0 N–H and O–H groups in total. The molecular weight excluding hydrogens is 1030 g/mol. The van der Waals surface area contributed by atoms with Gasteiger partial charge in [-0.1, -0.05) is 279 Å². The van der Waals surface area contributed by atoms with Crippen LogP contribution in [0.25, 0.3) is 145 Å². The molecule has 1 atom stereocenters. The Bertz CT molecular complexity index is 5030. The first-order valence-electron chi connectivity index (χ1n) is 28.8. The number of rotatable bonds is 8. The first kappa shape index (κ1) is 48.4. The Labute approximate surface area is 491 Å². The SMILES string of the molecule is c1ccc(-c2nc(-c3ccccc3)nc(-c3ccc(-c4ccc5c(c4)C4(c6ccccc6-5)c5ccccc5-c5c4c4c6ccccc6c(-c6ccc(-c7nc(-c8ccccc8)nc(-c8ccccc8)n7)cc6)cc4c4ccccc54)cc3)n2)cc1. The van der Waals surface area contributed by atoms with Gasteiger partial charge < -0.3 is 0 Å². The zero-order valence-electron chi connectivity index (χ0n) is 45.9. The smallest absolute Gasteiger partial charge is 0.164 e. The van der Waals surface area contributed by atoms with E-state index in [0.29, 0.717) is 34.9 Å². The third-order valence-corrected chi connectivity index (χ3v) is 17.4. The molecule has 0 radical (unpaired) electrons. The molecule has 1 unspecified atom stereocenters. The Morgan fingerprint density at radius 1 is 0.200 bits per heavy atom. The molecule has 2 aliphatic rings. The number of benzene rings is 13. The quantitative estimate of drug-likeness (QED) is 0.141. The van der Waals surface area contributed by atoms with Crippen LogP contribution in [-0.2, 0) is 5.41 Å². The standard InChI is InChI=1S/C79H48N6/c1-5-21-51(22-6-1)73-80-74(52-23-7-2-8-24-52)83-77(82-73)55-41-37-49(38-42-55)57-45-46-61-60-31-17-19-35-67(60)79(69(61)47-57)68-36-20-18-34-64(68)70-63-33-16-14-30-59(63)66-48-65(58-29-13-15-32-62(58)71(66)72(70)79)50-39-43-56(44-40-50)78-84-75(53-25-9-3-10-26-53)81-76(85-78)54-27-11-4-12-28-54/h1-48H. The van der Waals surface area contributed by atoms with Crippen molar-refractivity contribution in [2.75, 3.05) is 0 Å². The topological polar surface area (TPSA) is 77.3 Å². The summed E-state index contributed by atoms with van der Waals surface area (Å²) in [5, 5.41) is 7.36. The summed E-state index contributed by atoms with van der Waals surface area (Å²) in [4.78, 5) is 30.2. The molecule has 0 saturated carbocycles. The van der Waals surface area contributed by atoms with Crippen LogP contribution in [0, 0.1) is 0 Å². The Balaban J connectivity index is 0.842. The average molecular weight is 1080 g/mol. The number of hydrogen-bond donors (Lipinski definition) is 0. The summed E-state index contributed by atoms with van der Waals surface area (Å²) in [5.74, 6) is 3.81. The fourth-order valence-electron chi connectivity index (χ4n) is 13.6. The van der Waals surface area contributed by atoms with E-state index >= 15 is 0 Å². The molecule has 0 saturated heterocycles. The van der Waals surface area contributed by atoms with Crippen molar-refractivity contribution in [3.63, 3.8) is 0 Å². The Kier molecular flexibility index (Phi) is 11.0. The average Bonchev–Trinajstić information content (AvgIpc) is 1.74. The molecular formula is C79H48N6. The van der Waals surface area contributed by atoms with Crippen molar-refractivity contribution >= 4 is 32.3 Å². The van der Waals surface area contributed by atoms with Crippen LogP contribution in [0.15, 0.2) is 291 Å². The van der Waals surface area contributed by atoms with Gasteiger partial charge in [-0.2, -0.15) is 0 Å². The van der Waals surface area contributed by atoms with E-state index in [9.17, 15) is 0 Å². The van der Waals surface area contributed by atoms with Gasteiger partial charge in [0.25, 0.3) is 0 Å². The highest BCUT2D eigenvalue weighted by Gasteiger charge is 2.53. The molecule has 1 spiro atoms. The lowest BCUT2D eigenvalue weighted by Gasteiger charge is -2.32. The minimum Gasteiger partial charge on any atom is -0.208 e. The molecule has 2 aromatic heterocycles. The Morgan fingerprint density at radius 3 is 1.06 bits per heavy atom. The van der Waals surface area contributed by atoms with Crippen LogP contribution in [0.2, 0.25) is 0 Å². The van der Waals surface area contributed by atoms with Gasteiger partial charge in [-0.05, 0) is 111 Å². The molecule has 394 valence electrons. The van der Waals surface area contributed by atoms with Crippen LogP contribution in [0.5, 0.6) is 0 Å². The highest BCUT2D eigenvalue weighted by atomic mass is 15.0. The molecule has 2 aliphatic carbocycles. The maximum atomic E-state index is 5.08. The van der Waals surface area contributed by atoms with E-state index in [0.717, 1.165) is 55.6 Å². The monoisotopic (exact) mass is 1080 g/mol. The molecule has 13 aromatic carbocycles. The molecule has 85 heavy (non-hydrogen) atoms. The van der Waals surface area contributed by atoms with Crippen molar-refractivity contribution in [1.29, 1.82) is 0 Å². The molecule has 0 amide bonds. The number of nitrogens with zero attached hydrogens (tertiary/aromatic N) is 6. The largest absolute Gasteiger partial charge is 0.208 e. The molecule has 0 aliphatic heterocycles. The van der Waals surface area contributed by atoms with Crippen molar-refractivity contribution in [1.82, 2.24) is 29.9 Å². The number of hydrogen-bond acceptors (Lipinski definition) is 6. The zero-order valence-corrected chi connectivity index (χ0v) is 45.9. The van der Waals surface area contributed by atoms with Crippen LogP contribution in [0.3, 0.4) is 0 Å². The van der Waals surface area contributed by atoms with Crippen molar-refractivity contribution in [2.24, 2.45) is 0 Å². The van der Waals surface area contributed by atoms with E-state index in [2.05, 4.69) is 170 Å². The van der Waals surface area contributed by atoms with Gasteiger partial charge in [0.1, 0.15) is 0 Å². The van der Waals surface area contributed by atoms with Crippen molar-refractivity contribution < 1.29 is 0 Å². The number of aromatic nitrogens is 6. The van der Waals surface area contributed by atoms with Crippen LogP contribution < -0.4 is 0 Å². The van der Waals surface area contributed by atoms with E-state index in [4.69, 9.17) is 29.9 Å². The van der Waals surface area contributed by atoms with Crippen LogP contribution in [-0.4, -0.2) is 29.9 Å². The highest BCUT2D eigenvalue weighted by Crippen LogP contribution is 2.66. The van der Waals surface area contributed by atoms with Crippen molar-refractivity contribution in [3.05, 3.63) is 313 Å². The summed E-state index contributed by atoms with van der Waals surface area (Å²) in [7, 11) is 0. The van der Waals surface area contributed by atoms with Gasteiger partial charge in [0, 0.05) is 33.4 Å². The van der Waals surface area contributed by atoms with Gasteiger partial charge in [-0.3, -0.25) is 0 Å². The molecule has 0 bridgehead atoms. The molecule has 2 heterocycles. The zero-order chi connectivity index (χ0) is 56.0. The van der Waals surface area contributed by atoms with Gasteiger partial charge in [0.2, 0.25) is 0 Å². The van der Waals surface area contributed by atoms with Crippen LogP contribution >= 0.6 is 0 Å². The maximum absolute atomic E-state index is 5.08. The molecule has 0 fully saturated rings. The van der Waals surface area contributed by atoms with Crippen molar-refractivity contribution in [3.8, 4) is 113 Å². The predicted octanol–water partition coefficient (Wildman–Crippen LogP) is 19.2. The predicted molar refractivity (Wildman–Crippen MR) is 346 cm³/mol. The van der Waals surface area contributed by atoms with E-state index in [1.54, 1.807) is 0 Å². The van der Waals surface area contributed by atoms with Gasteiger partial charge in [-0.25, -0.2) is 29.9 Å². The lowest BCUT2D eigenvalue weighted by molar-refractivity contribution is 0.802. The summed E-state index contributed by atoms with van der Waals surface area (Å²) in [5.41, 5.74) is 19.7. The molecule has 17 rings (SSSR count). The second-order valence-corrected chi connectivity index (χ2v) is 22.0. The van der Waals surface area contributed by atoms with Gasteiger partial charge in [-0.15, -0.1) is 0 Å². The first-order valence-corrected chi connectivity index (χ1v) is 28.8. The minimum absolute atomic E-state index is 0.626. The molecule has 6 nitrogen and oxygen atoms in total. The second kappa shape index (κ2) is 19.4. The van der Waals surface area contributed by atoms with Gasteiger partial charge >= 0.3 is 0 Å². The van der Waals surface area contributed by atoms with Crippen LogP contribution in [0.4, 0.5) is 0 Å². The molecule has 6 heteroatoms. The summed E-state index contributed by atoms with van der Waals surface area (Å²) in [6, 6.07) is 104. The highest BCUT2D eigenvalue weighted by molar-refractivity contribution is 6.28. The maximum Gasteiger partial charge on any atom is 0.164 e. The normalized spacial score (nSPS) is 13.7. The Morgan fingerprint density at radius 2 is 0.553 bits per heavy atom. The summed E-state index contributed by atoms with van der Waals surface area (Å²) >= 11 is 0. The van der Waals surface area contributed by atoms with E-state index < -0.39 is 5.41 Å². The first-order chi connectivity index (χ1) is 42.1.